The van der Waals surface area contributed by atoms with E-state index in [4.69, 9.17) is 19.1 Å². The normalized spacial score (nSPS) is 15.3. The fourth-order valence-electron chi connectivity index (χ4n) is 4.87. The van der Waals surface area contributed by atoms with Crippen molar-refractivity contribution in [3.05, 3.63) is 48.0 Å². The molecule has 1 aliphatic rings. The van der Waals surface area contributed by atoms with Crippen molar-refractivity contribution in [3.63, 3.8) is 0 Å². The zero-order chi connectivity index (χ0) is 26.2. The van der Waals surface area contributed by atoms with Crippen molar-refractivity contribution < 1.29 is 18.1 Å². The fraction of sp³-hybridized carbons (Fsp3) is 0.370. The van der Waals surface area contributed by atoms with Crippen LogP contribution in [0.3, 0.4) is 0 Å². The molecule has 0 radical (unpaired) electrons. The summed E-state index contributed by atoms with van der Waals surface area (Å²) >= 11 is -0.811. The van der Waals surface area contributed by atoms with Crippen LogP contribution in [0.25, 0.3) is 44.5 Å². The van der Waals surface area contributed by atoms with E-state index in [1.54, 1.807) is 18.5 Å². The molecule has 5 heterocycles. The number of fused-ring (bicyclic) bond motifs is 4. The Balaban J connectivity index is 1.48. The molecule has 0 saturated carbocycles. The van der Waals surface area contributed by atoms with Crippen LogP contribution in [0.2, 0.25) is 0 Å². The lowest BCUT2D eigenvalue weighted by Gasteiger charge is -2.27. The maximum Gasteiger partial charge on any atom is 0.229 e. The van der Waals surface area contributed by atoms with Crippen molar-refractivity contribution in [2.45, 2.75) is 13.5 Å². The van der Waals surface area contributed by atoms with Crippen LogP contribution in [0.1, 0.15) is 12.5 Å². The van der Waals surface area contributed by atoms with Gasteiger partial charge in [0.2, 0.25) is 5.71 Å². The highest BCUT2D eigenvalue weighted by molar-refractivity contribution is 7.91. The van der Waals surface area contributed by atoms with Crippen LogP contribution < -0.4 is 4.90 Å². The summed E-state index contributed by atoms with van der Waals surface area (Å²) in [5.74, 6) is 1.81. The Morgan fingerprint density at radius 3 is 2.84 bits per heavy atom. The van der Waals surface area contributed by atoms with Gasteiger partial charge in [-0.05, 0) is 43.8 Å². The van der Waals surface area contributed by atoms with Crippen molar-refractivity contribution in [1.82, 2.24) is 24.8 Å². The Hall–Kier alpha value is -3.25. The number of furan rings is 1. The lowest BCUT2D eigenvalue weighted by molar-refractivity contribution is 0.122. The average molecular weight is 537 g/mol. The number of aromatic nitrogens is 4. The van der Waals surface area contributed by atoms with Gasteiger partial charge >= 0.3 is 0 Å². The van der Waals surface area contributed by atoms with Gasteiger partial charge < -0.3 is 23.6 Å². The van der Waals surface area contributed by atoms with Gasteiger partial charge in [0.25, 0.3) is 0 Å². The summed E-state index contributed by atoms with van der Waals surface area (Å²) in [6.45, 7) is 5.71. The fourth-order valence-corrected chi connectivity index (χ4v) is 5.68. The second kappa shape index (κ2) is 10.5. The number of nitrogens with one attached hydrogen (secondary N) is 1. The minimum absolute atomic E-state index is 0.300. The Labute approximate surface area is 222 Å². The molecule has 0 bridgehead atoms. The van der Waals surface area contributed by atoms with Crippen LogP contribution >= 0.6 is 0 Å². The molecule has 11 heteroatoms. The molecule has 1 atom stereocenters. The molecule has 9 nitrogen and oxygen atoms in total. The molecule has 38 heavy (non-hydrogen) atoms. The van der Waals surface area contributed by atoms with Crippen LogP contribution in [0.15, 0.2) is 41.1 Å². The molecule has 4 aromatic heterocycles. The number of rotatable bonds is 8. The number of hydrogen-bond donors (Lipinski definition) is 1. The van der Waals surface area contributed by atoms with E-state index >= 15 is 4.39 Å². The number of anilines is 1. The maximum atomic E-state index is 15.3. The first-order valence-electron chi connectivity index (χ1n) is 12.7. The van der Waals surface area contributed by atoms with Gasteiger partial charge in [0, 0.05) is 49.5 Å². The minimum atomic E-state index is -0.811. The number of ether oxygens (including phenoxy) is 1. The third-order valence-electron chi connectivity index (χ3n) is 6.90. The third kappa shape index (κ3) is 4.71. The third-order valence-corrected chi connectivity index (χ3v) is 8.18. The Morgan fingerprint density at radius 2 is 2.03 bits per heavy atom. The Morgan fingerprint density at radius 1 is 1.18 bits per heavy atom. The first-order chi connectivity index (χ1) is 18.5. The first-order valence-corrected chi connectivity index (χ1v) is 14.2. The van der Waals surface area contributed by atoms with Gasteiger partial charge in [0.15, 0.2) is 17.2 Å². The van der Waals surface area contributed by atoms with E-state index in [0.717, 1.165) is 28.4 Å². The topological polar surface area (TPSA) is 106 Å². The van der Waals surface area contributed by atoms with Crippen LogP contribution in [-0.4, -0.2) is 80.8 Å². The van der Waals surface area contributed by atoms with Gasteiger partial charge in [-0.1, -0.05) is 11.2 Å². The zero-order valence-corrected chi connectivity index (χ0v) is 22.2. The highest BCUT2D eigenvalue weighted by Gasteiger charge is 2.25. The smallest absolute Gasteiger partial charge is 0.229 e. The minimum Gasteiger partial charge on any atom is -0.616 e. The monoisotopic (exact) mass is 536 g/mol. The molecule has 0 spiro atoms. The van der Waals surface area contributed by atoms with Crippen molar-refractivity contribution in [2.24, 2.45) is 0 Å². The first kappa shape index (κ1) is 25.1. The number of pyridine rings is 1. The molecule has 198 valence electrons. The predicted molar refractivity (Wildman–Crippen MR) is 147 cm³/mol. The van der Waals surface area contributed by atoms with E-state index in [1.165, 1.54) is 6.07 Å². The number of morpholine rings is 1. The highest BCUT2D eigenvalue weighted by atomic mass is 32.2. The summed E-state index contributed by atoms with van der Waals surface area (Å²) in [6, 6.07) is 7.01. The maximum absolute atomic E-state index is 15.3. The van der Waals surface area contributed by atoms with E-state index < -0.39 is 11.2 Å². The van der Waals surface area contributed by atoms with Crippen LogP contribution in [0.5, 0.6) is 0 Å². The number of benzene rings is 1. The quantitative estimate of drug-likeness (QED) is 0.296. The summed E-state index contributed by atoms with van der Waals surface area (Å²) in [5, 5.41) is 1.47. The standard InChI is InChI=1S/C27H29FN6O3S/c1-3-38(35)13-10-33(2)16-17-14-19-23-24(37-27(19)30-15-17)26(34-8-11-36-12-9-34)32-25(31-23)22-18-6-7-29-21(18)5-4-20(22)28/h4-7,14-15,29H,3,8-13,16H2,1-2H3. The molecule has 1 saturated heterocycles. The number of halogens is 1. The van der Waals surface area contributed by atoms with Gasteiger partial charge in [-0.3, -0.25) is 4.90 Å². The molecule has 0 aliphatic carbocycles. The largest absolute Gasteiger partial charge is 0.616 e. The second-order valence-electron chi connectivity index (χ2n) is 9.48. The number of hydrogen-bond acceptors (Lipinski definition) is 8. The van der Waals surface area contributed by atoms with Gasteiger partial charge in [-0.15, -0.1) is 0 Å². The van der Waals surface area contributed by atoms with Gasteiger partial charge in [0.1, 0.15) is 22.8 Å². The van der Waals surface area contributed by atoms with E-state index in [1.807, 2.05) is 26.1 Å². The van der Waals surface area contributed by atoms with Crippen LogP contribution in [-0.2, 0) is 22.5 Å². The summed E-state index contributed by atoms with van der Waals surface area (Å²) in [4.78, 5) is 21.7. The summed E-state index contributed by atoms with van der Waals surface area (Å²) in [5.41, 5.74) is 3.73. The van der Waals surface area contributed by atoms with Crippen molar-refractivity contribution in [3.8, 4) is 11.4 Å². The van der Waals surface area contributed by atoms with Gasteiger partial charge in [-0.25, -0.2) is 19.3 Å². The lowest BCUT2D eigenvalue weighted by Crippen LogP contribution is -2.37. The van der Waals surface area contributed by atoms with Crippen molar-refractivity contribution in [1.29, 1.82) is 0 Å². The van der Waals surface area contributed by atoms with Crippen LogP contribution in [0, 0.1) is 5.82 Å². The van der Waals surface area contributed by atoms with Gasteiger partial charge in [-0.2, -0.15) is 0 Å². The highest BCUT2D eigenvalue weighted by Crippen LogP contribution is 2.37. The van der Waals surface area contributed by atoms with Crippen LogP contribution in [0.4, 0.5) is 10.2 Å². The number of nitrogens with zero attached hydrogens (tertiary/aromatic N) is 5. The summed E-state index contributed by atoms with van der Waals surface area (Å²) in [7, 11) is 2.00. The molecular weight excluding hydrogens is 507 g/mol. The van der Waals surface area contributed by atoms with Gasteiger partial charge in [0.05, 0.1) is 24.2 Å². The van der Waals surface area contributed by atoms with Crippen molar-refractivity contribution in [2.75, 3.05) is 56.3 Å². The molecule has 1 N–H and O–H groups in total. The van der Waals surface area contributed by atoms with E-state index in [0.29, 0.717) is 78.4 Å². The molecule has 1 aromatic carbocycles. The van der Waals surface area contributed by atoms with Crippen molar-refractivity contribution >= 4 is 50.1 Å². The summed E-state index contributed by atoms with van der Waals surface area (Å²) < 4.78 is 38.9. The molecular formula is C27H29FN6O3S. The number of aromatic amines is 1. The molecule has 1 fully saturated rings. The van der Waals surface area contributed by atoms with E-state index in [-0.39, 0.29) is 5.82 Å². The Bertz CT molecular complexity index is 1600. The number of H-pyrrole nitrogens is 1. The molecule has 1 unspecified atom stereocenters. The molecule has 1 aliphatic heterocycles. The predicted octanol–water partition coefficient (Wildman–Crippen LogP) is 4.10. The summed E-state index contributed by atoms with van der Waals surface area (Å²) in [6.07, 6.45) is 3.58. The second-order valence-corrected chi connectivity index (χ2v) is 11.3. The molecule has 0 amide bonds. The molecule has 6 rings (SSSR count). The zero-order valence-electron chi connectivity index (χ0n) is 21.4. The van der Waals surface area contributed by atoms with E-state index in [2.05, 4.69) is 19.8 Å². The lowest BCUT2D eigenvalue weighted by atomic mass is 10.1. The average Bonchev–Trinajstić information content (AvgIpc) is 3.56. The molecule has 5 aromatic rings. The SMILES string of the molecule is CC[S+]([O-])CCN(C)Cc1cnc2oc3c(N4CCOCC4)nc(-c4c(F)ccc5[nH]ccc45)nc3c2c1. The Kier molecular flexibility index (Phi) is 6.91. The van der Waals surface area contributed by atoms with E-state index in [9.17, 15) is 4.55 Å².